The van der Waals surface area contributed by atoms with Crippen LogP contribution in [0.25, 0.3) is 16.8 Å². The number of hydrogen-bond donors (Lipinski definition) is 4. The van der Waals surface area contributed by atoms with Crippen molar-refractivity contribution in [3.8, 4) is 11.3 Å². The van der Waals surface area contributed by atoms with Crippen LogP contribution in [0.3, 0.4) is 0 Å². The number of nitrogen functional groups attached to an aromatic ring is 1. The number of pyridine rings is 1. The molecule has 1 aliphatic carbocycles. The first-order valence-electron chi connectivity index (χ1n) is 11.4. The van der Waals surface area contributed by atoms with E-state index >= 15 is 0 Å². The van der Waals surface area contributed by atoms with Gasteiger partial charge in [0.25, 0.3) is 5.91 Å². The number of anilines is 1. The molecule has 10 heteroatoms. The molecule has 1 aliphatic rings. The van der Waals surface area contributed by atoms with Crippen LogP contribution in [-0.4, -0.2) is 50.1 Å². The van der Waals surface area contributed by atoms with E-state index in [2.05, 4.69) is 37.9 Å². The van der Waals surface area contributed by atoms with Crippen molar-refractivity contribution in [2.45, 2.75) is 57.5 Å². The van der Waals surface area contributed by atoms with Crippen molar-refractivity contribution in [2.24, 2.45) is 0 Å². The Morgan fingerprint density at radius 1 is 1.12 bits per heavy atom. The second-order valence-corrected chi connectivity index (χ2v) is 8.36. The van der Waals surface area contributed by atoms with Crippen molar-refractivity contribution in [3.63, 3.8) is 0 Å². The van der Waals surface area contributed by atoms with Gasteiger partial charge < -0.3 is 21.7 Å². The molecular formula is C23H30N8O2. The number of amides is 3. The summed E-state index contributed by atoms with van der Waals surface area (Å²) in [5.74, 6) is 0.0421. The second-order valence-electron chi connectivity index (χ2n) is 8.36. The fourth-order valence-corrected chi connectivity index (χ4v) is 4.23. The number of urea groups is 1. The van der Waals surface area contributed by atoms with Crippen LogP contribution < -0.4 is 21.7 Å². The van der Waals surface area contributed by atoms with Gasteiger partial charge in [-0.05, 0) is 50.3 Å². The molecule has 4 rings (SSSR count). The molecule has 3 aromatic heterocycles. The summed E-state index contributed by atoms with van der Waals surface area (Å²) < 4.78 is 1.64. The monoisotopic (exact) mass is 450 g/mol. The van der Waals surface area contributed by atoms with Crippen LogP contribution in [0.15, 0.2) is 36.9 Å². The minimum absolute atomic E-state index is 0.0314. The van der Waals surface area contributed by atoms with Gasteiger partial charge in [0.2, 0.25) is 0 Å². The van der Waals surface area contributed by atoms with Gasteiger partial charge in [-0.25, -0.2) is 14.3 Å². The maximum atomic E-state index is 13.2. The van der Waals surface area contributed by atoms with Crippen LogP contribution in [0.5, 0.6) is 0 Å². The van der Waals surface area contributed by atoms with Crippen molar-refractivity contribution in [1.29, 1.82) is 0 Å². The first-order valence-corrected chi connectivity index (χ1v) is 11.4. The maximum Gasteiger partial charge on any atom is 0.315 e. The highest BCUT2D eigenvalue weighted by atomic mass is 16.2. The van der Waals surface area contributed by atoms with Gasteiger partial charge in [-0.2, -0.15) is 5.10 Å². The average Bonchev–Trinajstić information content (AvgIpc) is 3.22. The highest BCUT2D eigenvalue weighted by Crippen LogP contribution is 2.28. The van der Waals surface area contributed by atoms with Crippen molar-refractivity contribution in [3.05, 3.63) is 42.5 Å². The van der Waals surface area contributed by atoms with Crippen LogP contribution in [0.1, 0.15) is 55.8 Å². The number of hydrogen-bond acceptors (Lipinski definition) is 6. The van der Waals surface area contributed by atoms with E-state index in [4.69, 9.17) is 5.73 Å². The summed E-state index contributed by atoms with van der Waals surface area (Å²) in [7, 11) is 0. The fraction of sp³-hybridized carbons (Fsp3) is 0.435. The summed E-state index contributed by atoms with van der Waals surface area (Å²) in [5, 5.41) is 13.4. The van der Waals surface area contributed by atoms with E-state index in [9.17, 15) is 9.59 Å². The first kappa shape index (κ1) is 22.5. The molecule has 0 spiro atoms. The van der Waals surface area contributed by atoms with Crippen molar-refractivity contribution in [1.82, 2.24) is 35.5 Å². The molecule has 0 unspecified atom stereocenters. The molecule has 3 aromatic rings. The lowest BCUT2D eigenvalue weighted by Crippen LogP contribution is -2.46. The number of rotatable bonds is 7. The third kappa shape index (κ3) is 5.21. The van der Waals surface area contributed by atoms with E-state index in [0.717, 1.165) is 49.8 Å². The Morgan fingerprint density at radius 3 is 2.52 bits per heavy atom. The highest BCUT2D eigenvalue weighted by molar-refractivity contribution is 6.05. The number of fused-ring (bicyclic) bond motifs is 1. The average molecular weight is 451 g/mol. The van der Waals surface area contributed by atoms with Crippen LogP contribution in [0.2, 0.25) is 0 Å². The molecule has 174 valence electrons. The normalized spacial score (nSPS) is 18.1. The minimum Gasteiger partial charge on any atom is -0.382 e. The van der Waals surface area contributed by atoms with E-state index < -0.39 is 0 Å². The molecule has 0 aromatic carbocycles. The standard InChI is InChI=1S/C23H30N8O2/c1-2-3-10-26-23(33)30-17-6-4-16(5-7-17)29-22(32)18-13-19(15-8-11-25-12-9-15)31-20(18)21(24)27-14-28-31/h8-9,11-14,16-17H,2-7,10H2,1H3,(H,29,32)(H2,24,27,28)(H2,26,30,33)/t16-,17-. The number of nitrogens with two attached hydrogens (primary N) is 1. The maximum absolute atomic E-state index is 13.2. The van der Waals surface area contributed by atoms with Crippen LogP contribution >= 0.6 is 0 Å². The van der Waals surface area contributed by atoms with Gasteiger partial charge >= 0.3 is 6.03 Å². The third-order valence-electron chi connectivity index (χ3n) is 6.02. The summed E-state index contributed by atoms with van der Waals surface area (Å²) >= 11 is 0. The molecule has 0 radical (unpaired) electrons. The Bertz CT molecular complexity index is 1110. The zero-order valence-corrected chi connectivity index (χ0v) is 18.8. The first-order chi connectivity index (χ1) is 16.1. The largest absolute Gasteiger partial charge is 0.382 e. The van der Waals surface area contributed by atoms with E-state index in [-0.39, 0.29) is 29.8 Å². The number of aromatic nitrogens is 4. The molecule has 10 nitrogen and oxygen atoms in total. The van der Waals surface area contributed by atoms with E-state index in [1.54, 1.807) is 23.0 Å². The van der Waals surface area contributed by atoms with E-state index in [1.165, 1.54) is 6.33 Å². The van der Waals surface area contributed by atoms with Gasteiger partial charge in [0.15, 0.2) is 5.82 Å². The van der Waals surface area contributed by atoms with E-state index in [1.807, 2.05) is 12.1 Å². The smallest absolute Gasteiger partial charge is 0.315 e. The Kier molecular flexibility index (Phi) is 7.01. The van der Waals surface area contributed by atoms with Gasteiger partial charge in [-0.3, -0.25) is 9.78 Å². The summed E-state index contributed by atoms with van der Waals surface area (Å²) in [5.41, 5.74) is 8.66. The lowest BCUT2D eigenvalue weighted by Gasteiger charge is -2.29. The summed E-state index contributed by atoms with van der Waals surface area (Å²) in [6.45, 7) is 2.78. The number of nitrogens with one attached hydrogen (secondary N) is 3. The number of unbranched alkanes of at least 4 members (excludes halogenated alkanes) is 1. The van der Waals surface area contributed by atoms with Crippen molar-refractivity contribution < 1.29 is 9.59 Å². The Labute approximate surface area is 192 Å². The summed E-state index contributed by atoms with van der Waals surface area (Å²) in [6, 6.07) is 5.54. The summed E-state index contributed by atoms with van der Waals surface area (Å²) in [6.07, 6.45) is 9.99. The van der Waals surface area contributed by atoms with Crippen molar-refractivity contribution >= 4 is 23.3 Å². The molecule has 3 amide bonds. The SMILES string of the molecule is CCCCNC(=O)N[C@H]1CC[C@H](NC(=O)c2cc(-c3ccncc3)n3ncnc(N)c23)CC1. The minimum atomic E-state index is -0.206. The van der Waals surface area contributed by atoms with E-state index in [0.29, 0.717) is 17.6 Å². The topological polar surface area (TPSA) is 139 Å². The van der Waals surface area contributed by atoms with Gasteiger partial charge in [-0.15, -0.1) is 0 Å². The molecule has 33 heavy (non-hydrogen) atoms. The lowest BCUT2D eigenvalue weighted by atomic mass is 9.91. The second kappa shape index (κ2) is 10.3. The zero-order chi connectivity index (χ0) is 23.2. The quantitative estimate of drug-likeness (QED) is 0.408. The lowest BCUT2D eigenvalue weighted by molar-refractivity contribution is 0.0926. The van der Waals surface area contributed by atoms with Crippen molar-refractivity contribution in [2.75, 3.05) is 12.3 Å². The predicted octanol–water partition coefficient (Wildman–Crippen LogP) is 2.51. The Hall–Kier alpha value is -3.69. The molecule has 5 N–H and O–H groups in total. The molecule has 3 heterocycles. The molecule has 0 atom stereocenters. The fourth-order valence-electron chi connectivity index (χ4n) is 4.23. The van der Waals surface area contributed by atoms with Gasteiger partial charge in [-0.1, -0.05) is 13.3 Å². The van der Waals surface area contributed by atoms with Crippen LogP contribution in [-0.2, 0) is 0 Å². The summed E-state index contributed by atoms with van der Waals surface area (Å²) in [4.78, 5) is 33.3. The number of nitrogens with zero attached hydrogens (tertiary/aromatic N) is 4. The molecular weight excluding hydrogens is 420 g/mol. The number of carbonyl (C=O) groups excluding carboxylic acids is 2. The molecule has 0 aliphatic heterocycles. The molecule has 1 fully saturated rings. The Morgan fingerprint density at radius 2 is 1.82 bits per heavy atom. The van der Waals surface area contributed by atoms with Crippen LogP contribution in [0.4, 0.5) is 10.6 Å². The number of carbonyl (C=O) groups is 2. The Balaban J connectivity index is 1.42. The predicted molar refractivity (Wildman–Crippen MR) is 126 cm³/mol. The molecule has 0 saturated heterocycles. The van der Waals surface area contributed by atoms with Gasteiger partial charge in [0.1, 0.15) is 11.8 Å². The van der Waals surface area contributed by atoms with Gasteiger partial charge in [0.05, 0.1) is 11.3 Å². The zero-order valence-electron chi connectivity index (χ0n) is 18.8. The van der Waals surface area contributed by atoms with Crippen LogP contribution in [0, 0.1) is 0 Å². The van der Waals surface area contributed by atoms with Gasteiger partial charge in [0, 0.05) is 36.6 Å². The molecule has 1 saturated carbocycles. The molecule has 0 bridgehead atoms. The third-order valence-corrected chi connectivity index (χ3v) is 6.02. The highest BCUT2D eigenvalue weighted by Gasteiger charge is 2.26.